The predicted octanol–water partition coefficient (Wildman–Crippen LogP) is -0.0230. The molecule has 1 aliphatic heterocycles. The van der Waals surface area contributed by atoms with Crippen molar-refractivity contribution in [3.8, 4) is 0 Å². The normalized spacial score (nSPS) is 23.1. The lowest BCUT2D eigenvalue weighted by atomic mass is 9.90. The number of aromatic amines is 1. The minimum atomic E-state index is -0.591. The Bertz CT molecular complexity index is 717. The smallest absolute Gasteiger partial charge is 0.254 e. The SMILES string of the molecule is C[C@@H]1C[C@@H](c2cc(=O)[nH]c3c(C(N)=O)cnn23)CCN1. The van der Waals surface area contributed by atoms with Crippen molar-refractivity contribution in [3.63, 3.8) is 0 Å². The lowest BCUT2D eigenvalue weighted by molar-refractivity contribution is 0.100. The van der Waals surface area contributed by atoms with Crippen molar-refractivity contribution in [1.82, 2.24) is 19.9 Å². The van der Waals surface area contributed by atoms with Crippen LogP contribution in [0, 0.1) is 0 Å². The second-order valence-corrected chi connectivity index (χ2v) is 5.32. The highest BCUT2D eigenvalue weighted by Crippen LogP contribution is 2.27. The summed E-state index contributed by atoms with van der Waals surface area (Å²) in [7, 11) is 0. The first kappa shape index (κ1) is 12.9. The minimum absolute atomic E-state index is 0.235. The summed E-state index contributed by atoms with van der Waals surface area (Å²) >= 11 is 0. The van der Waals surface area contributed by atoms with E-state index >= 15 is 0 Å². The van der Waals surface area contributed by atoms with E-state index in [4.69, 9.17) is 5.73 Å². The van der Waals surface area contributed by atoms with Crippen LogP contribution >= 0.6 is 0 Å². The van der Waals surface area contributed by atoms with Gasteiger partial charge < -0.3 is 16.0 Å². The molecule has 0 spiro atoms. The zero-order chi connectivity index (χ0) is 14.3. The molecule has 7 heteroatoms. The van der Waals surface area contributed by atoms with E-state index in [0.29, 0.717) is 11.7 Å². The van der Waals surface area contributed by atoms with Gasteiger partial charge in [-0.1, -0.05) is 0 Å². The molecule has 0 radical (unpaired) electrons. The van der Waals surface area contributed by atoms with Crippen molar-refractivity contribution in [2.45, 2.75) is 31.7 Å². The highest BCUT2D eigenvalue weighted by molar-refractivity contribution is 5.98. The molecular formula is C13H17N5O2. The van der Waals surface area contributed by atoms with Crippen LogP contribution in [0.4, 0.5) is 0 Å². The Morgan fingerprint density at radius 1 is 1.55 bits per heavy atom. The van der Waals surface area contributed by atoms with Gasteiger partial charge in [-0.2, -0.15) is 5.10 Å². The van der Waals surface area contributed by atoms with Gasteiger partial charge in [0.25, 0.3) is 11.5 Å². The Labute approximate surface area is 115 Å². The van der Waals surface area contributed by atoms with Gasteiger partial charge in [0.1, 0.15) is 11.2 Å². The molecule has 1 saturated heterocycles. The Hall–Kier alpha value is -2.15. The number of H-pyrrole nitrogens is 1. The summed E-state index contributed by atoms with van der Waals surface area (Å²) < 4.78 is 1.63. The van der Waals surface area contributed by atoms with Gasteiger partial charge in [-0.05, 0) is 26.3 Å². The number of aromatic nitrogens is 3. The monoisotopic (exact) mass is 275 g/mol. The van der Waals surface area contributed by atoms with Gasteiger partial charge in [0.15, 0.2) is 0 Å². The summed E-state index contributed by atoms with van der Waals surface area (Å²) in [5, 5.41) is 7.58. The van der Waals surface area contributed by atoms with Crippen molar-refractivity contribution in [2.24, 2.45) is 5.73 Å². The first-order valence-corrected chi connectivity index (χ1v) is 6.70. The van der Waals surface area contributed by atoms with E-state index in [0.717, 1.165) is 25.1 Å². The average Bonchev–Trinajstić information content (AvgIpc) is 2.81. The number of hydrogen-bond donors (Lipinski definition) is 3. The first-order valence-electron chi connectivity index (χ1n) is 6.70. The van der Waals surface area contributed by atoms with E-state index in [2.05, 4.69) is 22.3 Å². The van der Waals surface area contributed by atoms with E-state index in [9.17, 15) is 9.59 Å². The molecule has 2 aromatic rings. The van der Waals surface area contributed by atoms with E-state index in [1.54, 1.807) is 10.6 Å². The van der Waals surface area contributed by atoms with Crippen LogP contribution in [-0.4, -0.2) is 33.1 Å². The third-order valence-corrected chi connectivity index (χ3v) is 3.84. The Kier molecular flexibility index (Phi) is 3.06. The van der Waals surface area contributed by atoms with Crippen molar-refractivity contribution < 1.29 is 4.79 Å². The van der Waals surface area contributed by atoms with Gasteiger partial charge in [0, 0.05) is 18.0 Å². The lowest BCUT2D eigenvalue weighted by Crippen LogP contribution is -2.35. The molecule has 20 heavy (non-hydrogen) atoms. The summed E-state index contributed by atoms with van der Waals surface area (Å²) in [4.78, 5) is 25.8. The maximum atomic E-state index is 11.8. The zero-order valence-corrected chi connectivity index (χ0v) is 11.2. The number of rotatable bonds is 2. The van der Waals surface area contributed by atoms with Crippen LogP contribution in [0.15, 0.2) is 17.1 Å². The van der Waals surface area contributed by atoms with Crippen LogP contribution < -0.4 is 16.6 Å². The molecule has 0 unspecified atom stereocenters. The number of nitrogens with two attached hydrogens (primary N) is 1. The molecule has 0 bridgehead atoms. The topological polar surface area (TPSA) is 105 Å². The molecule has 4 N–H and O–H groups in total. The maximum Gasteiger partial charge on any atom is 0.254 e. The molecule has 7 nitrogen and oxygen atoms in total. The number of carbonyl (C=O) groups excluding carboxylic acids is 1. The fourth-order valence-electron chi connectivity index (χ4n) is 2.88. The molecular weight excluding hydrogens is 258 g/mol. The molecule has 3 rings (SSSR count). The number of piperidine rings is 1. The highest BCUT2D eigenvalue weighted by atomic mass is 16.1. The van der Waals surface area contributed by atoms with Gasteiger partial charge in [-0.3, -0.25) is 9.59 Å². The standard InChI is InChI=1S/C13H17N5O2/c1-7-4-8(2-3-15-7)10-5-11(19)17-13-9(12(14)20)6-16-18(10)13/h5-8,15H,2-4H2,1H3,(H2,14,20)(H,17,19)/t7-,8+/m1/s1. The molecule has 0 aliphatic carbocycles. The molecule has 0 saturated carbocycles. The molecule has 2 aromatic heterocycles. The Balaban J connectivity index is 2.15. The Morgan fingerprint density at radius 2 is 2.35 bits per heavy atom. The molecule has 2 atom stereocenters. The fraction of sp³-hybridized carbons (Fsp3) is 0.462. The predicted molar refractivity (Wildman–Crippen MR) is 73.8 cm³/mol. The van der Waals surface area contributed by atoms with Gasteiger partial charge in [0.2, 0.25) is 0 Å². The summed E-state index contributed by atoms with van der Waals surface area (Å²) in [6.45, 7) is 3.03. The molecule has 1 aliphatic rings. The van der Waals surface area contributed by atoms with Crippen molar-refractivity contribution in [2.75, 3.05) is 6.54 Å². The lowest BCUT2D eigenvalue weighted by Gasteiger charge is -2.28. The quantitative estimate of drug-likeness (QED) is 0.716. The van der Waals surface area contributed by atoms with Gasteiger partial charge >= 0.3 is 0 Å². The third kappa shape index (κ3) is 2.09. The first-order chi connectivity index (χ1) is 9.56. The van der Waals surface area contributed by atoms with Crippen molar-refractivity contribution in [1.29, 1.82) is 0 Å². The van der Waals surface area contributed by atoms with E-state index < -0.39 is 5.91 Å². The summed E-state index contributed by atoms with van der Waals surface area (Å²) in [6, 6.07) is 1.96. The fourth-order valence-corrected chi connectivity index (χ4v) is 2.88. The number of hydrogen-bond acceptors (Lipinski definition) is 4. The van der Waals surface area contributed by atoms with Crippen LogP contribution in [-0.2, 0) is 0 Å². The van der Waals surface area contributed by atoms with Crippen LogP contribution in [0.25, 0.3) is 5.65 Å². The number of fused-ring (bicyclic) bond motifs is 1. The maximum absolute atomic E-state index is 11.8. The van der Waals surface area contributed by atoms with Gasteiger partial charge in [-0.15, -0.1) is 0 Å². The molecule has 106 valence electrons. The molecule has 0 aromatic carbocycles. The number of amides is 1. The third-order valence-electron chi connectivity index (χ3n) is 3.84. The van der Waals surface area contributed by atoms with Gasteiger partial charge in [0.05, 0.1) is 11.9 Å². The second kappa shape index (κ2) is 4.75. The van der Waals surface area contributed by atoms with Crippen LogP contribution in [0.5, 0.6) is 0 Å². The molecule has 1 amide bonds. The van der Waals surface area contributed by atoms with Crippen LogP contribution in [0.2, 0.25) is 0 Å². The van der Waals surface area contributed by atoms with E-state index in [1.807, 2.05) is 0 Å². The number of carbonyl (C=O) groups is 1. The number of primary amides is 1. The van der Waals surface area contributed by atoms with E-state index in [1.165, 1.54) is 6.20 Å². The molecule has 3 heterocycles. The van der Waals surface area contributed by atoms with E-state index in [-0.39, 0.29) is 17.0 Å². The number of nitrogens with zero attached hydrogens (tertiary/aromatic N) is 2. The van der Waals surface area contributed by atoms with Gasteiger partial charge in [-0.25, -0.2) is 4.52 Å². The Morgan fingerprint density at radius 3 is 3.05 bits per heavy atom. The molecule has 1 fully saturated rings. The average molecular weight is 275 g/mol. The highest BCUT2D eigenvalue weighted by Gasteiger charge is 2.24. The summed E-state index contributed by atoms with van der Waals surface area (Å²) in [6.07, 6.45) is 3.28. The second-order valence-electron chi connectivity index (χ2n) is 5.32. The summed E-state index contributed by atoms with van der Waals surface area (Å²) in [5.74, 6) is -0.344. The summed E-state index contributed by atoms with van der Waals surface area (Å²) in [5.41, 5.74) is 6.53. The van der Waals surface area contributed by atoms with Crippen LogP contribution in [0.3, 0.4) is 0 Å². The number of nitrogens with one attached hydrogen (secondary N) is 2. The van der Waals surface area contributed by atoms with Crippen LogP contribution in [0.1, 0.15) is 41.7 Å². The largest absolute Gasteiger partial charge is 0.365 e. The van der Waals surface area contributed by atoms with Crippen molar-refractivity contribution in [3.05, 3.63) is 33.9 Å². The minimum Gasteiger partial charge on any atom is -0.365 e. The zero-order valence-electron chi connectivity index (χ0n) is 11.2. The van der Waals surface area contributed by atoms with Crippen molar-refractivity contribution >= 4 is 11.6 Å².